The summed E-state index contributed by atoms with van der Waals surface area (Å²) in [6.45, 7) is 1.49. The summed E-state index contributed by atoms with van der Waals surface area (Å²) in [6, 6.07) is 8.08. The van der Waals surface area contributed by atoms with E-state index >= 15 is 0 Å². The minimum absolute atomic E-state index is 0.165. The van der Waals surface area contributed by atoms with E-state index in [1.807, 2.05) is 24.3 Å². The third kappa shape index (κ3) is 2.63. The molecule has 5 nitrogen and oxygen atoms in total. The van der Waals surface area contributed by atoms with Gasteiger partial charge in [-0.15, -0.1) is 0 Å². The Balaban J connectivity index is 1.91. The molecule has 1 fully saturated rings. The minimum Gasteiger partial charge on any atom is -0.478 e. The Morgan fingerprint density at radius 1 is 1.38 bits per heavy atom. The summed E-state index contributed by atoms with van der Waals surface area (Å²) >= 11 is 3.42. The fraction of sp³-hybridized carbons (Fsp3) is 0.267. The number of aliphatic carboxylic acids is 1. The fourth-order valence-corrected chi connectivity index (χ4v) is 2.53. The van der Waals surface area contributed by atoms with E-state index in [9.17, 15) is 4.79 Å². The van der Waals surface area contributed by atoms with Gasteiger partial charge >= 0.3 is 5.97 Å². The second-order valence-corrected chi connectivity index (χ2v) is 6.09. The van der Waals surface area contributed by atoms with Crippen LogP contribution in [0.3, 0.4) is 0 Å². The zero-order chi connectivity index (χ0) is 15.0. The first-order valence-electron chi connectivity index (χ1n) is 6.53. The second kappa shape index (κ2) is 5.11. The van der Waals surface area contributed by atoms with Crippen molar-refractivity contribution in [3.8, 4) is 0 Å². The molecule has 0 bridgehead atoms. The summed E-state index contributed by atoms with van der Waals surface area (Å²) in [5, 5.41) is 12.9. The van der Waals surface area contributed by atoms with Crippen molar-refractivity contribution < 1.29 is 14.4 Å². The summed E-state index contributed by atoms with van der Waals surface area (Å²) < 4.78 is 6.17. The van der Waals surface area contributed by atoms with E-state index in [1.165, 1.54) is 13.0 Å². The van der Waals surface area contributed by atoms with Crippen LogP contribution in [0.15, 0.2) is 38.8 Å². The average molecular weight is 349 g/mol. The van der Waals surface area contributed by atoms with Gasteiger partial charge in [0.05, 0.1) is 5.41 Å². The van der Waals surface area contributed by atoms with E-state index < -0.39 is 5.97 Å². The number of aromatic nitrogens is 2. The molecule has 108 valence electrons. The molecular weight excluding hydrogens is 336 g/mol. The van der Waals surface area contributed by atoms with Crippen LogP contribution in [0.1, 0.15) is 37.0 Å². The topological polar surface area (TPSA) is 76.2 Å². The standard InChI is InChI=1S/C15H13BrN2O3/c1-9(13(19)20)8-12-17-14(18-21-12)15(6-7-15)10-2-4-11(16)5-3-10/h2-5,8H,6-7H2,1H3,(H,19,20)/b9-8+. The Bertz CT molecular complexity index is 715. The molecule has 1 saturated carbocycles. The van der Waals surface area contributed by atoms with Crippen molar-refractivity contribution >= 4 is 28.0 Å². The van der Waals surface area contributed by atoms with Crippen LogP contribution >= 0.6 is 15.9 Å². The van der Waals surface area contributed by atoms with E-state index in [4.69, 9.17) is 9.63 Å². The van der Waals surface area contributed by atoms with Crippen LogP contribution in [0.2, 0.25) is 0 Å². The van der Waals surface area contributed by atoms with Crippen molar-refractivity contribution in [2.75, 3.05) is 0 Å². The predicted octanol–water partition coefficient (Wildman–Crippen LogP) is 3.40. The van der Waals surface area contributed by atoms with Crippen molar-refractivity contribution in [2.45, 2.75) is 25.2 Å². The SMILES string of the molecule is C/C(=C\c1nc(C2(c3ccc(Br)cc3)CC2)no1)C(=O)O. The van der Waals surface area contributed by atoms with Gasteiger partial charge in [0.15, 0.2) is 5.82 Å². The zero-order valence-corrected chi connectivity index (χ0v) is 12.9. The van der Waals surface area contributed by atoms with Crippen LogP contribution in [0.25, 0.3) is 6.08 Å². The van der Waals surface area contributed by atoms with Crippen molar-refractivity contribution in [3.05, 3.63) is 51.6 Å². The molecule has 1 N–H and O–H groups in total. The van der Waals surface area contributed by atoms with Gasteiger partial charge < -0.3 is 9.63 Å². The monoisotopic (exact) mass is 348 g/mol. The lowest BCUT2D eigenvalue weighted by molar-refractivity contribution is -0.132. The fourth-order valence-electron chi connectivity index (χ4n) is 2.27. The lowest BCUT2D eigenvalue weighted by Gasteiger charge is -2.10. The maximum Gasteiger partial charge on any atom is 0.331 e. The van der Waals surface area contributed by atoms with Gasteiger partial charge in [0, 0.05) is 16.1 Å². The summed E-state index contributed by atoms with van der Waals surface area (Å²) in [5.41, 5.74) is 1.13. The van der Waals surface area contributed by atoms with E-state index in [0.29, 0.717) is 5.82 Å². The molecule has 1 aliphatic carbocycles. The summed E-state index contributed by atoms with van der Waals surface area (Å²) in [6.07, 6.45) is 3.32. The molecule has 3 rings (SSSR count). The van der Waals surface area contributed by atoms with Crippen LogP contribution in [-0.4, -0.2) is 21.2 Å². The van der Waals surface area contributed by atoms with Gasteiger partial charge in [-0.25, -0.2) is 4.79 Å². The lowest BCUT2D eigenvalue weighted by Crippen LogP contribution is -2.10. The Labute approximate surface area is 129 Å². The number of carboxylic acid groups (broad SMARTS) is 1. The number of carboxylic acids is 1. The largest absolute Gasteiger partial charge is 0.478 e. The van der Waals surface area contributed by atoms with Crippen molar-refractivity contribution in [2.24, 2.45) is 0 Å². The van der Waals surface area contributed by atoms with E-state index in [2.05, 4.69) is 26.1 Å². The highest BCUT2D eigenvalue weighted by atomic mass is 79.9. The van der Waals surface area contributed by atoms with Gasteiger partial charge in [0.1, 0.15) is 0 Å². The minimum atomic E-state index is -0.996. The molecular formula is C15H13BrN2O3. The number of hydrogen-bond acceptors (Lipinski definition) is 4. The van der Waals surface area contributed by atoms with Gasteiger partial charge in [-0.1, -0.05) is 33.2 Å². The number of halogens is 1. The molecule has 1 aliphatic rings. The maximum absolute atomic E-state index is 10.8. The van der Waals surface area contributed by atoms with Gasteiger partial charge in [-0.3, -0.25) is 0 Å². The molecule has 0 radical (unpaired) electrons. The smallest absolute Gasteiger partial charge is 0.331 e. The summed E-state index contributed by atoms with van der Waals surface area (Å²) in [5.74, 6) is -0.147. The molecule has 0 spiro atoms. The molecule has 0 atom stereocenters. The first-order valence-corrected chi connectivity index (χ1v) is 7.32. The van der Waals surface area contributed by atoms with Crippen molar-refractivity contribution in [3.63, 3.8) is 0 Å². The van der Waals surface area contributed by atoms with Crippen LogP contribution in [-0.2, 0) is 10.2 Å². The maximum atomic E-state index is 10.8. The van der Waals surface area contributed by atoms with Crippen molar-refractivity contribution in [1.82, 2.24) is 10.1 Å². The Morgan fingerprint density at radius 2 is 2.05 bits per heavy atom. The second-order valence-electron chi connectivity index (χ2n) is 5.18. The Morgan fingerprint density at radius 3 is 2.62 bits per heavy atom. The number of carbonyl (C=O) groups is 1. The molecule has 2 aromatic rings. The molecule has 1 aromatic carbocycles. The molecule has 0 aliphatic heterocycles. The van der Waals surface area contributed by atoms with E-state index in [1.54, 1.807) is 0 Å². The zero-order valence-electron chi connectivity index (χ0n) is 11.3. The number of nitrogens with zero attached hydrogens (tertiary/aromatic N) is 2. The lowest BCUT2D eigenvalue weighted by atomic mass is 9.95. The highest BCUT2D eigenvalue weighted by Gasteiger charge is 2.49. The number of rotatable bonds is 4. The first kappa shape index (κ1) is 14.0. The van der Waals surface area contributed by atoms with E-state index in [-0.39, 0.29) is 16.9 Å². The molecule has 0 unspecified atom stereocenters. The normalized spacial score (nSPS) is 16.8. The highest BCUT2D eigenvalue weighted by molar-refractivity contribution is 9.10. The van der Waals surface area contributed by atoms with E-state index in [0.717, 1.165) is 22.9 Å². The molecule has 1 aromatic heterocycles. The van der Waals surface area contributed by atoms with Crippen LogP contribution < -0.4 is 0 Å². The summed E-state index contributed by atoms with van der Waals surface area (Å²) in [7, 11) is 0. The Hall–Kier alpha value is -1.95. The molecule has 6 heteroatoms. The quantitative estimate of drug-likeness (QED) is 0.856. The van der Waals surface area contributed by atoms with Crippen LogP contribution in [0.4, 0.5) is 0 Å². The van der Waals surface area contributed by atoms with Crippen molar-refractivity contribution in [1.29, 1.82) is 0 Å². The molecule has 21 heavy (non-hydrogen) atoms. The molecule has 1 heterocycles. The Kier molecular flexibility index (Phi) is 3.41. The van der Waals surface area contributed by atoms with Gasteiger partial charge in [0.2, 0.25) is 0 Å². The van der Waals surface area contributed by atoms with Gasteiger partial charge in [0.25, 0.3) is 5.89 Å². The third-order valence-corrected chi connectivity index (χ3v) is 4.22. The molecule has 0 saturated heterocycles. The molecule has 0 amide bonds. The third-order valence-electron chi connectivity index (χ3n) is 3.69. The first-order chi connectivity index (χ1) is 10.0. The van der Waals surface area contributed by atoms with Gasteiger partial charge in [-0.05, 0) is 37.5 Å². The van der Waals surface area contributed by atoms with Crippen LogP contribution in [0, 0.1) is 0 Å². The van der Waals surface area contributed by atoms with Crippen LogP contribution in [0.5, 0.6) is 0 Å². The number of hydrogen-bond donors (Lipinski definition) is 1. The highest BCUT2D eigenvalue weighted by Crippen LogP contribution is 2.52. The number of benzene rings is 1. The van der Waals surface area contributed by atoms with Gasteiger partial charge in [-0.2, -0.15) is 4.98 Å². The predicted molar refractivity (Wildman–Crippen MR) is 79.7 cm³/mol. The average Bonchev–Trinajstić information content (AvgIpc) is 3.13. The summed E-state index contributed by atoms with van der Waals surface area (Å²) in [4.78, 5) is 15.1.